The zero-order valence-electron chi connectivity index (χ0n) is 16.2. The Morgan fingerprint density at radius 2 is 1.96 bits per heavy atom. The smallest absolute Gasteiger partial charge is 0.229 e. The van der Waals surface area contributed by atoms with Crippen molar-refractivity contribution in [2.45, 2.75) is 20.3 Å². The zero-order valence-corrected chi connectivity index (χ0v) is 16.2. The van der Waals surface area contributed by atoms with Crippen molar-refractivity contribution in [3.05, 3.63) is 24.7 Å². The van der Waals surface area contributed by atoms with Crippen molar-refractivity contribution in [2.75, 3.05) is 42.9 Å². The third kappa shape index (κ3) is 3.23. The van der Waals surface area contributed by atoms with Crippen molar-refractivity contribution < 1.29 is 0 Å². The predicted molar refractivity (Wildman–Crippen MR) is 104 cm³/mol. The molecule has 0 radical (unpaired) electrons. The number of hydrogen-bond acceptors (Lipinski definition) is 7. The van der Waals surface area contributed by atoms with Crippen molar-refractivity contribution in [3.8, 4) is 6.07 Å². The highest BCUT2D eigenvalue weighted by atomic mass is 15.3. The second kappa shape index (κ2) is 6.50. The van der Waals surface area contributed by atoms with Gasteiger partial charge < -0.3 is 15.1 Å². The van der Waals surface area contributed by atoms with Crippen molar-refractivity contribution in [1.29, 1.82) is 5.26 Å². The molecule has 2 aliphatic rings. The van der Waals surface area contributed by atoms with Crippen molar-refractivity contribution >= 4 is 17.5 Å². The van der Waals surface area contributed by atoms with Crippen LogP contribution in [0, 0.1) is 22.2 Å². The number of nitriles is 1. The molecule has 8 nitrogen and oxygen atoms in total. The summed E-state index contributed by atoms with van der Waals surface area (Å²) >= 11 is 0. The molecular weight excluding hydrogens is 340 g/mol. The molecule has 2 aromatic rings. The minimum atomic E-state index is 0.199. The van der Waals surface area contributed by atoms with E-state index in [4.69, 9.17) is 10.2 Å². The number of nitrogens with one attached hydrogen (secondary N) is 1. The molecule has 0 aromatic carbocycles. The summed E-state index contributed by atoms with van der Waals surface area (Å²) in [6, 6.07) is 4.25. The maximum absolute atomic E-state index is 8.87. The molecule has 2 aliphatic heterocycles. The average molecular weight is 366 g/mol. The molecule has 0 bridgehead atoms. The third-order valence-corrected chi connectivity index (χ3v) is 6.15. The van der Waals surface area contributed by atoms with Crippen molar-refractivity contribution in [1.82, 2.24) is 24.6 Å². The van der Waals surface area contributed by atoms with Crippen LogP contribution >= 0.6 is 0 Å². The van der Waals surface area contributed by atoms with Crippen LogP contribution in [0.5, 0.6) is 0 Å². The highest BCUT2D eigenvalue weighted by Gasteiger charge is 2.57. The fourth-order valence-electron chi connectivity index (χ4n) is 4.53. The van der Waals surface area contributed by atoms with Gasteiger partial charge in [-0.15, -0.1) is 0 Å². The fourth-order valence-corrected chi connectivity index (χ4v) is 4.53. The molecule has 0 saturated carbocycles. The predicted octanol–water partition coefficient (Wildman–Crippen LogP) is 2.02. The van der Waals surface area contributed by atoms with E-state index in [0.29, 0.717) is 12.4 Å². The molecule has 2 fully saturated rings. The first-order valence-electron chi connectivity index (χ1n) is 9.34. The van der Waals surface area contributed by atoms with Crippen LogP contribution in [-0.4, -0.2) is 57.4 Å². The summed E-state index contributed by atoms with van der Waals surface area (Å²) in [6.07, 6.45) is 6.06. The number of aryl methyl sites for hydroxylation is 1. The van der Waals surface area contributed by atoms with Gasteiger partial charge in [-0.3, -0.25) is 4.68 Å². The van der Waals surface area contributed by atoms with Crippen LogP contribution in [-0.2, 0) is 7.05 Å². The summed E-state index contributed by atoms with van der Waals surface area (Å²) in [5.41, 5.74) is 1.27. The van der Waals surface area contributed by atoms with Gasteiger partial charge in [0.25, 0.3) is 0 Å². The summed E-state index contributed by atoms with van der Waals surface area (Å²) in [5.74, 6) is 1.54. The van der Waals surface area contributed by atoms with E-state index in [9.17, 15) is 0 Å². The quantitative estimate of drug-likeness (QED) is 0.866. The summed E-state index contributed by atoms with van der Waals surface area (Å²) in [4.78, 5) is 13.9. The van der Waals surface area contributed by atoms with Gasteiger partial charge in [0, 0.05) is 69.4 Å². The van der Waals surface area contributed by atoms with Gasteiger partial charge in [-0.1, -0.05) is 13.8 Å². The standard InChI is InChI=1S/C19H26N8/c1-18-11-26(8-4-6-20)12-19(18,2)14-27(13-18)16-5-7-21-17(24-16)23-15-9-22-25(3)10-15/h5,7,9-10H,4,8,11-14H2,1-3H3,(H,21,23,24). The normalized spacial score (nSPS) is 27.6. The largest absolute Gasteiger partial charge is 0.355 e. The van der Waals surface area contributed by atoms with Gasteiger partial charge in [-0.05, 0) is 6.07 Å². The van der Waals surface area contributed by atoms with Gasteiger partial charge in [0.05, 0.1) is 18.0 Å². The first-order valence-corrected chi connectivity index (χ1v) is 9.34. The number of aromatic nitrogens is 4. The summed E-state index contributed by atoms with van der Waals surface area (Å²) in [6.45, 7) is 9.62. The van der Waals surface area contributed by atoms with Crippen LogP contribution < -0.4 is 10.2 Å². The highest BCUT2D eigenvalue weighted by molar-refractivity contribution is 5.53. The Bertz CT molecular complexity index is 851. The number of likely N-dealkylation sites (tertiary alicyclic amines) is 1. The molecule has 4 heterocycles. The molecule has 2 atom stereocenters. The second-order valence-electron chi connectivity index (χ2n) is 8.36. The molecule has 4 rings (SSSR count). The molecule has 142 valence electrons. The fraction of sp³-hybridized carbons (Fsp3) is 0.579. The Labute approximate surface area is 159 Å². The van der Waals surface area contributed by atoms with Gasteiger partial charge in [0.1, 0.15) is 5.82 Å². The van der Waals surface area contributed by atoms with Gasteiger partial charge in [-0.25, -0.2) is 4.98 Å². The van der Waals surface area contributed by atoms with Crippen LogP contribution in [0.2, 0.25) is 0 Å². The maximum atomic E-state index is 8.87. The Morgan fingerprint density at radius 3 is 2.59 bits per heavy atom. The zero-order chi connectivity index (χ0) is 19.1. The van der Waals surface area contributed by atoms with E-state index < -0.39 is 0 Å². The van der Waals surface area contributed by atoms with E-state index in [1.54, 1.807) is 17.1 Å². The number of fused-ring (bicyclic) bond motifs is 1. The molecule has 1 N–H and O–H groups in total. The molecule has 0 aliphatic carbocycles. The summed E-state index contributed by atoms with van der Waals surface area (Å²) in [5, 5.41) is 16.2. The molecule has 8 heteroatoms. The van der Waals surface area contributed by atoms with E-state index in [0.717, 1.165) is 44.2 Å². The van der Waals surface area contributed by atoms with Crippen LogP contribution in [0.4, 0.5) is 17.5 Å². The first kappa shape index (κ1) is 17.7. The maximum Gasteiger partial charge on any atom is 0.229 e. The van der Waals surface area contributed by atoms with Gasteiger partial charge in [0.2, 0.25) is 5.95 Å². The Hall–Kier alpha value is -2.66. The number of hydrogen-bond donors (Lipinski definition) is 1. The van der Waals surface area contributed by atoms with Crippen molar-refractivity contribution in [3.63, 3.8) is 0 Å². The topological polar surface area (TPSA) is 85.9 Å². The first-order chi connectivity index (χ1) is 12.9. The van der Waals surface area contributed by atoms with Gasteiger partial charge in [-0.2, -0.15) is 15.3 Å². The number of anilines is 3. The van der Waals surface area contributed by atoms with Crippen LogP contribution in [0.15, 0.2) is 24.7 Å². The SMILES string of the molecule is Cn1cc(Nc2nccc(N3CC4(C)CN(CCC#N)CC4(C)C3)n2)cn1. The van der Waals surface area contributed by atoms with Crippen LogP contribution in [0.25, 0.3) is 0 Å². The van der Waals surface area contributed by atoms with E-state index in [1.165, 1.54) is 0 Å². The van der Waals surface area contributed by atoms with Crippen LogP contribution in [0.1, 0.15) is 20.3 Å². The van der Waals surface area contributed by atoms with Crippen molar-refractivity contribution in [2.24, 2.45) is 17.9 Å². The molecule has 0 spiro atoms. The molecule has 2 saturated heterocycles. The molecule has 2 aromatic heterocycles. The molecule has 0 amide bonds. The Kier molecular flexibility index (Phi) is 4.27. The van der Waals surface area contributed by atoms with E-state index in [-0.39, 0.29) is 10.8 Å². The van der Waals surface area contributed by atoms with Crippen LogP contribution in [0.3, 0.4) is 0 Å². The molecule has 27 heavy (non-hydrogen) atoms. The lowest BCUT2D eigenvalue weighted by Gasteiger charge is -2.30. The number of rotatable bonds is 5. The lowest BCUT2D eigenvalue weighted by molar-refractivity contribution is 0.212. The lowest BCUT2D eigenvalue weighted by Crippen LogP contribution is -2.34. The van der Waals surface area contributed by atoms with Gasteiger partial charge in [0.15, 0.2) is 0 Å². The van der Waals surface area contributed by atoms with E-state index in [1.807, 2.05) is 19.3 Å². The highest BCUT2D eigenvalue weighted by Crippen LogP contribution is 2.52. The number of nitrogens with zero attached hydrogens (tertiary/aromatic N) is 7. The molecule has 2 unspecified atom stereocenters. The van der Waals surface area contributed by atoms with E-state index >= 15 is 0 Å². The average Bonchev–Trinajstić information content (AvgIpc) is 3.21. The summed E-state index contributed by atoms with van der Waals surface area (Å²) < 4.78 is 1.74. The second-order valence-corrected chi connectivity index (χ2v) is 8.36. The Morgan fingerprint density at radius 1 is 1.22 bits per heavy atom. The third-order valence-electron chi connectivity index (χ3n) is 6.15. The summed E-state index contributed by atoms with van der Waals surface area (Å²) in [7, 11) is 1.88. The monoisotopic (exact) mass is 366 g/mol. The minimum Gasteiger partial charge on any atom is -0.355 e. The van der Waals surface area contributed by atoms with Gasteiger partial charge >= 0.3 is 0 Å². The lowest BCUT2D eigenvalue weighted by atomic mass is 9.71. The Balaban J connectivity index is 1.48. The van der Waals surface area contributed by atoms with E-state index in [2.05, 4.69) is 45.1 Å². The minimum absolute atomic E-state index is 0.199. The molecular formula is C19H26N8.